The summed E-state index contributed by atoms with van der Waals surface area (Å²) in [5, 5.41) is 6.30. The van der Waals surface area contributed by atoms with E-state index in [1.807, 2.05) is 0 Å². The molecule has 8 rings (SSSR count). The van der Waals surface area contributed by atoms with Crippen LogP contribution in [0.5, 0.6) is 0 Å². The number of nitrogens with one attached hydrogen (secondary N) is 1. The molecule has 1 N–H and O–H groups in total. The molecule has 0 atom stereocenters. The summed E-state index contributed by atoms with van der Waals surface area (Å²) < 4.78 is 0. The van der Waals surface area contributed by atoms with Gasteiger partial charge in [0.25, 0.3) is 0 Å². The average molecular weight is 536 g/mol. The number of anilines is 2. The lowest BCUT2D eigenvalue weighted by Crippen LogP contribution is -2.28. The first-order valence-corrected chi connectivity index (χ1v) is 14.5. The molecule has 0 radical (unpaired) electrons. The summed E-state index contributed by atoms with van der Waals surface area (Å²) in [6.07, 6.45) is 0. The first-order chi connectivity index (χ1) is 20.8. The van der Waals surface area contributed by atoms with Gasteiger partial charge in [-0.1, -0.05) is 152 Å². The Hall–Kier alpha value is -5.40. The first-order valence-electron chi connectivity index (χ1n) is 14.5. The maximum absolute atomic E-state index is 3.82. The van der Waals surface area contributed by atoms with Crippen LogP contribution in [0, 0.1) is 0 Å². The molecule has 0 bridgehead atoms. The average Bonchev–Trinajstić information content (AvgIpc) is 3.37. The van der Waals surface area contributed by atoms with Gasteiger partial charge in [0.05, 0.1) is 5.41 Å². The molecule has 0 aliphatic heterocycles. The van der Waals surface area contributed by atoms with Gasteiger partial charge >= 0.3 is 0 Å². The van der Waals surface area contributed by atoms with Gasteiger partial charge in [-0.15, -0.1) is 0 Å². The Morgan fingerprint density at radius 1 is 0.405 bits per heavy atom. The Labute approximate surface area is 246 Å². The number of rotatable bonds is 5. The molecule has 0 saturated carbocycles. The quantitative estimate of drug-likeness (QED) is 0.231. The van der Waals surface area contributed by atoms with Crippen LogP contribution in [0.25, 0.3) is 33.0 Å². The van der Waals surface area contributed by atoms with E-state index in [0.29, 0.717) is 0 Å². The van der Waals surface area contributed by atoms with Crippen molar-refractivity contribution in [1.82, 2.24) is 0 Å². The Morgan fingerprint density at radius 3 is 1.60 bits per heavy atom. The Bertz CT molecular complexity index is 1990. The number of fused-ring (bicyclic) bond motifs is 5. The predicted octanol–water partition coefficient (Wildman–Crippen LogP) is 10.6. The van der Waals surface area contributed by atoms with E-state index in [9.17, 15) is 0 Å². The highest BCUT2D eigenvalue weighted by molar-refractivity contribution is 6.09. The molecule has 0 saturated heterocycles. The molecule has 0 aromatic heterocycles. The zero-order valence-electron chi connectivity index (χ0n) is 23.2. The molecule has 198 valence electrons. The van der Waals surface area contributed by atoms with Crippen molar-refractivity contribution in [2.45, 2.75) is 5.41 Å². The lowest BCUT2D eigenvalue weighted by atomic mass is 9.67. The van der Waals surface area contributed by atoms with Crippen LogP contribution >= 0.6 is 0 Å². The minimum absolute atomic E-state index is 0.438. The lowest BCUT2D eigenvalue weighted by Gasteiger charge is -2.34. The summed E-state index contributed by atoms with van der Waals surface area (Å²) in [5.74, 6) is 0. The maximum atomic E-state index is 3.82. The van der Waals surface area contributed by atoms with Crippen molar-refractivity contribution >= 4 is 22.1 Å². The van der Waals surface area contributed by atoms with E-state index in [4.69, 9.17) is 0 Å². The Balaban J connectivity index is 1.38. The van der Waals surface area contributed by atoms with Crippen molar-refractivity contribution < 1.29 is 0 Å². The monoisotopic (exact) mass is 535 g/mol. The summed E-state index contributed by atoms with van der Waals surface area (Å²) in [5.41, 5.74) is 12.0. The fourth-order valence-electron chi connectivity index (χ4n) is 6.93. The minimum atomic E-state index is -0.438. The molecule has 1 aliphatic carbocycles. The molecule has 0 amide bonds. The lowest BCUT2D eigenvalue weighted by molar-refractivity contribution is 0.769. The van der Waals surface area contributed by atoms with Crippen LogP contribution in [0.3, 0.4) is 0 Å². The predicted molar refractivity (Wildman–Crippen MR) is 176 cm³/mol. The third kappa shape index (κ3) is 3.71. The Morgan fingerprint density at radius 2 is 0.929 bits per heavy atom. The molecule has 42 heavy (non-hydrogen) atoms. The van der Waals surface area contributed by atoms with Crippen LogP contribution in [0.1, 0.15) is 22.3 Å². The summed E-state index contributed by atoms with van der Waals surface area (Å²) in [4.78, 5) is 0. The van der Waals surface area contributed by atoms with E-state index in [0.717, 1.165) is 11.4 Å². The van der Waals surface area contributed by atoms with Gasteiger partial charge in [0, 0.05) is 16.8 Å². The van der Waals surface area contributed by atoms with Crippen LogP contribution in [0.2, 0.25) is 0 Å². The van der Waals surface area contributed by atoms with E-state index >= 15 is 0 Å². The molecule has 1 heteroatoms. The van der Waals surface area contributed by atoms with Gasteiger partial charge in [-0.2, -0.15) is 0 Å². The molecule has 0 spiro atoms. The van der Waals surface area contributed by atoms with E-state index in [-0.39, 0.29) is 0 Å². The summed E-state index contributed by atoms with van der Waals surface area (Å²) in [6, 6.07) is 61.5. The van der Waals surface area contributed by atoms with Crippen LogP contribution in [0.15, 0.2) is 170 Å². The summed E-state index contributed by atoms with van der Waals surface area (Å²) in [7, 11) is 0. The van der Waals surface area contributed by atoms with Crippen molar-refractivity contribution in [3.8, 4) is 22.3 Å². The second-order valence-electron chi connectivity index (χ2n) is 11.0. The van der Waals surface area contributed by atoms with Gasteiger partial charge in [0.2, 0.25) is 0 Å². The van der Waals surface area contributed by atoms with Gasteiger partial charge in [-0.3, -0.25) is 0 Å². The SMILES string of the molecule is c1ccc(-c2ccc(Nc3cc4c(c5ccccc35)-c3ccccc3C4(c3ccccc3)c3ccccc3)cc2)cc1. The van der Waals surface area contributed by atoms with Gasteiger partial charge in [-0.25, -0.2) is 0 Å². The topological polar surface area (TPSA) is 12.0 Å². The highest BCUT2D eigenvalue weighted by Gasteiger charge is 2.46. The largest absolute Gasteiger partial charge is 0.355 e. The van der Waals surface area contributed by atoms with E-state index < -0.39 is 5.41 Å². The highest BCUT2D eigenvalue weighted by Crippen LogP contribution is 2.58. The first kappa shape index (κ1) is 24.4. The highest BCUT2D eigenvalue weighted by atomic mass is 14.9. The fraction of sp³-hybridized carbons (Fsp3) is 0.0244. The van der Waals surface area contributed by atoms with Crippen molar-refractivity contribution in [2.75, 3.05) is 5.32 Å². The number of hydrogen-bond donors (Lipinski definition) is 1. The van der Waals surface area contributed by atoms with Crippen molar-refractivity contribution in [3.05, 3.63) is 192 Å². The third-order valence-electron chi connectivity index (χ3n) is 8.73. The van der Waals surface area contributed by atoms with Gasteiger partial charge in [0.15, 0.2) is 0 Å². The molecule has 7 aromatic rings. The number of benzene rings is 7. The van der Waals surface area contributed by atoms with E-state index in [1.165, 1.54) is 55.3 Å². The Kier molecular flexibility index (Phi) is 5.75. The van der Waals surface area contributed by atoms with E-state index in [2.05, 4.69) is 175 Å². The molecular weight excluding hydrogens is 506 g/mol. The second-order valence-corrected chi connectivity index (χ2v) is 11.0. The third-order valence-corrected chi connectivity index (χ3v) is 8.73. The number of hydrogen-bond acceptors (Lipinski definition) is 1. The fourth-order valence-corrected chi connectivity index (χ4v) is 6.93. The molecule has 0 unspecified atom stereocenters. The molecular formula is C41H29N. The molecule has 0 heterocycles. The van der Waals surface area contributed by atoms with Crippen LogP contribution in [0.4, 0.5) is 11.4 Å². The van der Waals surface area contributed by atoms with Crippen LogP contribution in [-0.2, 0) is 5.41 Å². The van der Waals surface area contributed by atoms with Gasteiger partial charge < -0.3 is 5.32 Å². The van der Waals surface area contributed by atoms with Crippen LogP contribution in [-0.4, -0.2) is 0 Å². The zero-order chi connectivity index (χ0) is 27.9. The minimum Gasteiger partial charge on any atom is -0.355 e. The van der Waals surface area contributed by atoms with Gasteiger partial charge in [-0.05, 0) is 68.1 Å². The summed E-state index contributed by atoms with van der Waals surface area (Å²) >= 11 is 0. The zero-order valence-corrected chi connectivity index (χ0v) is 23.2. The normalized spacial score (nSPS) is 13.0. The maximum Gasteiger partial charge on any atom is 0.0714 e. The molecule has 7 aromatic carbocycles. The standard InChI is InChI=1S/C41H29N/c1-4-14-29(15-5-1)30-24-26-33(27-25-30)42-39-28-38-40(35-21-11-10-20-34(35)39)36-22-12-13-23-37(36)41(38,31-16-6-2-7-17-31)32-18-8-3-9-19-32/h1-28,42H. The smallest absolute Gasteiger partial charge is 0.0714 e. The summed E-state index contributed by atoms with van der Waals surface area (Å²) in [6.45, 7) is 0. The molecule has 0 fully saturated rings. The molecule has 1 nitrogen and oxygen atoms in total. The van der Waals surface area contributed by atoms with E-state index in [1.54, 1.807) is 0 Å². The van der Waals surface area contributed by atoms with Crippen molar-refractivity contribution in [2.24, 2.45) is 0 Å². The molecule has 1 aliphatic rings. The van der Waals surface area contributed by atoms with Crippen molar-refractivity contribution in [3.63, 3.8) is 0 Å². The van der Waals surface area contributed by atoms with Gasteiger partial charge in [0.1, 0.15) is 0 Å². The second kappa shape index (κ2) is 9.90. The van der Waals surface area contributed by atoms with Crippen LogP contribution < -0.4 is 5.32 Å². The van der Waals surface area contributed by atoms with Crippen molar-refractivity contribution in [1.29, 1.82) is 0 Å².